The molecule has 0 fully saturated rings. The van der Waals surface area contributed by atoms with Crippen LogP contribution in [0.1, 0.15) is 22.8 Å². The van der Waals surface area contributed by atoms with Gasteiger partial charge in [-0.15, -0.1) is 0 Å². The van der Waals surface area contributed by atoms with Crippen molar-refractivity contribution in [2.75, 3.05) is 12.4 Å². The molecule has 144 valence electrons. The molecule has 0 radical (unpaired) electrons. The number of carbonyl (C=O) groups is 2. The van der Waals surface area contributed by atoms with Crippen molar-refractivity contribution in [1.82, 2.24) is 0 Å². The first-order valence-electron chi connectivity index (χ1n) is 7.91. The van der Waals surface area contributed by atoms with Gasteiger partial charge in [-0.25, -0.2) is 18.4 Å². The lowest BCUT2D eigenvalue weighted by Crippen LogP contribution is -2.30. The summed E-state index contributed by atoms with van der Waals surface area (Å²) in [6, 6.07) is 10.6. The maximum Gasteiger partial charge on any atom is 0.342 e. The quantitative estimate of drug-likeness (QED) is 0.723. The van der Waals surface area contributed by atoms with E-state index >= 15 is 0 Å². The van der Waals surface area contributed by atoms with Gasteiger partial charge in [0, 0.05) is 5.69 Å². The van der Waals surface area contributed by atoms with Crippen molar-refractivity contribution in [2.24, 2.45) is 5.14 Å². The number of rotatable bonds is 6. The van der Waals surface area contributed by atoms with Crippen LogP contribution in [0.25, 0.3) is 0 Å². The van der Waals surface area contributed by atoms with Crippen LogP contribution in [0.15, 0.2) is 47.4 Å². The Hall–Kier alpha value is -2.91. The second-order valence-corrected chi connectivity index (χ2v) is 7.37. The molecule has 1 atom stereocenters. The van der Waals surface area contributed by atoms with E-state index in [1.165, 1.54) is 26.2 Å². The van der Waals surface area contributed by atoms with Crippen LogP contribution >= 0.6 is 0 Å². The van der Waals surface area contributed by atoms with Crippen molar-refractivity contribution >= 4 is 27.6 Å². The van der Waals surface area contributed by atoms with Crippen molar-refractivity contribution < 1.29 is 27.5 Å². The van der Waals surface area contributed by atoms with E-state index in [2.05, 4.69) is 5.32 Å². The normalized spacial score (nSPS) is 12.1. The van der Waals surface area contributed by atoms with Gasteiger partial charge in [0.2, 0.25) is 10.0 Å². The first-order valence-corrected chi connectivity index (χ1v) is 9.46. The van der Waals surface area contributed by atoms with Gasteiger partial charge in [-0.2, -0.15) is 0 Å². The third kappa shape index (κ3) is 5.28. The number of sulfonamides is 1. The first-order chi connectivity index (χ1) is 12.6. The molecule has 0 aliphatic carbocycles. The van der Waals surface area contributed by atoms with E-state index in [-0.39, 0.29) is 16.2 Å². The van der Waals surface area contributed by atoms with E-state index in [1.807, 2.05) is 19.1 Å². The predicted octanol–water partition coefficient (Wildman–Crippen LogP) is 1.84. The highest BCUT2D eigenvalue weighted by Crippen LogP contribution is 2.23. The van der Waals surface area contributed by atoms with E-state index in [1.54, 1.807) is 12.1 Å². The number of ether oxygens (including phenoxy) is 2. The molecular formula is C18H20N2O6S. The Kier molecular flexibility index (Phi) is 6.19. The van der Waals surface area contributed by atoms with Crippen molar-refractivity contribution in [3.8, 4) is 5.75 Å². The number of benzene rings is 2. The van der Waals surface area contributed by atoms with Crippen LogP contribution in [-0.4, -0.2) is 33.5 Å². The van der Waals surface area contributed by atoms with E-state index in [9.17, 15) is 18.0 Å². The number of methoxy groups -OCH3 is 1. The lowest BCUT2D eigenvalue weighted by molar-refractivity contribution is -0.123. The topological polar surface area (TPSA) is 125 Å². The van der Waals surface area contributed by atoms with Gasteiger partial charge in [0.05, 0.1) is 12.0 Å². The molecule has 0 aliphatic heterocycles. The fourth-order valence-corrected chi connectivity index (χ4v) is 2.72. The van der Waals surface area contributed by atoms with E-state index < -0.39 is 28.0 Å². The van der Waals surface area contributed by atoms with Crippen molar-refractivity contribution in [1.29, 1.82) is 0 Å². The molecule has 8 nitrogen and oxygen atoms in total. The highest BCUT2D eigenvalue weighted by Gasteiger charge is 2.23. The zero-order chi connectivity index (χ0) is 20.2. The molecular weight excluding hydrogens is 372 g/mol. The molecule has 1 amide bonds. The summed E-state index contributed by atoms with van der Waals surface area (Å²) in [7, 11) is -2.70. The summed E-state index contributed by atoms with van der Waals surface area (Å²) in [6.45, 7) is 3.32. The molecule has 0 spiro atoms. The Morgan fingerprint density at radius 3 is 2.30 bits per heavy atom. The Labute approximate surface area is 157 Å². The second kappa shape index (κ2) is 8.19. The monoisotopic (exact) mass is 392 g/mol. The molecule has 0 saturated heterocycles. The summed E-state index contributed by atoms with van der Waals surface area (Å²) in [6.07, 6.45) is -1.12. The Balaban J connectivity index is 2.15. The summed E-state index contributed by atoms with van der Waals surface area (Å²) in [5, 5.41) is 7.71. The fourth-order valence-electron chi connectivity index (χ4n) is 2.18. The van der Waals surface area contributed by atoms with Crippen LogP contribution in [0, 0.1) is 6.92 Å². The molecule has 0 aliphatic rings. The number of amides is 1. The van der Waals surface area contributed by atoms with Gasteiger partial charge in [-0.05, 0) is 44.2 Å². The van der Waals surface area contributed by atoms with E-state index in [0.29, 0.717) is 5.69 Å². The number of primary sulfonamides is 1. The highest BCUT2D eigenvalue weighted by molar-refractivity contribution is 7.89. The molecule has 0 saturated carbocycles. The number of aryl methyl sites for hydroxylation is 1. The van der Waals surface area contributed by atoms with Gasteiger partial charge in [0.1, 0.15) is 11.3 Å². The number of carbonyl (C=O) groups excluding carboxylic acids is 2. The van der Waals surface area contributed by atoms with E-state index in [0.717, 1.165) is 11.6 Å². The number of esters is 1. The summed E-state index contributed by atoms with van der Waals surface area (Å²) in [5.41, 5.74) is 1.44. The number of anilines is 1. The molecule has 0 bridgehead atoms. The molecule has 3 N–H and O–H groups in total. The largest absolute Gasteiger partial charge is 0.496 e. The number of hydrogen-bond donors (Lipinski definition) is 2. The van der Waals surface area contributed by atoms with Gasteiger partial charge in [0.25, 0.3) is 5.91 Å². The zero-order valence-electron chi connectivity index (χ0n) is 15.1. The summed E-state index contributed by atoms with van der Waals surface area (Å²) >= 11 is 0. The molecule has 2 rings (SSSR count). The summed E-state index contributed by atoms with van der Waals surface area (Å²) in [4.78, 5) is 24.3. The minimum Gasteiger partial charge on any atom is -0.496 e. The number of nitrogens with one attached hydrogen (secondary N) is 1. The minimum absolute atomic E-state index is 0.0959. The fraction of sp³-hybridized carbons (Fsp3) is 0.222. The average molecular weight is 392 g/mol. The zero-order valence-corrected chi connectivity index (χ0v) is 15.9. The molecule has 0 heterocycles. The van der Waals surface area contributed by atoms with Gasteiger partial charge < -0.3 is 14.8 Å². The molecule has 0 aromatic heterocycles. The molecule has 0 unspecified atom stereocenters. The van der Waals surface area contributed by atoms with Crippen LogP contribution in [0.5, 0.6) is 5.75 Å². The van der Waals surface area contributed by atoms with Crippen LogP contribution in [0.2, 0.25) is 0 Å². The van der Waals surface area contributed by atoms with Gasteiger partial charge in [-0.1, -0.05) is 17.7 Å². The second-order valence-electron chi connectivity index (χ2n) is 5.81. The maximum atomic E-state index is 12.4. The molecule has 2 aromatic rings. The van der Waals surface area contributed by atoms with Crippen molar-refractivity contribution in [3.05, 3.63) is 53.6 Å². The van der Waals surface area contributed by atoms with Gasteiger partial charge in [0.15, 0.2) is 6.10 Å². The lowest BCUT2D eigenvalue weighted by Gasteiger charge is -2.15. The molecule has 27 heavy (non-hydrogen) atoms. The standard InChI is InChI=1S/C18H20N2O6S/c1-11-4-6-13(7-5-11)20-17(21)12(2)26-18(22)15-10-14(27(19,23)24)8-9-16(15)25-3/h4-10,12H,1-3H3,(H,20,21)(H2,19,23,24)/t12-/m1/s1. The Morgan fingerprint density at radius 1 is 1.11 bits per heavy atom. The first kappa shape index (κ1) is 20.4. The number of hydrogen-bond acceptors (Lipinski definition) is 6. The van der Waals surface area contributed by atoms with Crippen LogP contribution in [0.3, 0.4) is 0 Å². The van der Waals surface area contributed by atoms with Crippen molar-refractivity contribution in [3.63, 3.8) is 0 Å². The molecule has 9 heteroatoms. The Bertz CT molecular complexity index is 954. The van der Waals surface area contributed by atoms with E-state index in [4.69, 9.17) is 14.6 Å². The maximum absolute atomic E-state index is 12.4. The van der Waals surface area contributed by atoms with Gasteiger partial charge in [-0.3, -0.25) is 4.79 Å². The van der Waals surface area contributed by atoms with Crippen LogP contribution in [0.4, 0.5) is 5.69 Å². The smallest absolute Gasteiger partial charge is 0.342 e. The Morgan fingerprint density at radius 2 is 1.74 bits per heavy atom. The molecule has 2 aromatic carbocycles. The van der Waals surface area contributed by atoms with Gasteiger partial charge >= 0.3 is 5.97 Å². The third-order valence-corrected chi connectivity index (χ3v) is 4.60. The number of nitrogens with two attached hydrogens (primary N) is 1. The average Bonchev–Trinajstić information content (AvgIpc) is 2.62. The summed E-state index contributed by atoms with van der Waals surface area (Å²) < 4.78 is 33.2. The van der Waals surface area contributed by atoms with Crippen LogP contribution < -0.4 is 15.2 Å². The lowest BCUT2D eigenvalue weighted by atomic mass is 10.2. The summed E-state index contributed by atoms with van der Waals surface area (Å²) in [5.74, 6) is -1.35. The minimum atomic E-state index is -4.02. The highest BCUT2D eigenvalue weighted by atomic mass is 32.2. The SMILES string of the molecule is COc1ccc(S(N)(=O)=O)cc1C(=O)O[C@H](C)C(=O)Nc1ccc(C)cc1. The van der Waals surface area contributed by atoms with Crippen LogP contribution in [-0.2, 0) is 19.6 Å². The van der Waals surface area contributed by atoms with Crippen molar-refractivity contribution in [2.45, 2.75) is 24.8 Å². The third-order valence-electron chi connectivity index (χ3n) is 3.69. The predicted molar refractivity (Wildman–Crippen MR) is 99.1 cm³/mol.